The SMILES string of the molecule is c1ccc2c(c1)oc1c(-c3cc(-c4ccc5c(c4)c4ccccc4n5-c4ccc5c6ccccc6c6ccccc6c5c4)ncn3)cccc12.c1ccc2c(c1)oc1ccc(-c3cc(-c4ccc5c(c4)c4ccccc4n5-c4ccc5c6ccccc6c6ccccc6c5c4)ncn3)cc12.c1ccc2c(c1)sc1ccc(-c3cc(-c4ccc5c(c4)c4ccccc4n5-c4ccc5c6ccccc6c6ccccc6c5c4)ncn3)cc12. The van der Waals surface area contributed by atoms with Gasteiger partial charge in [0.05, 0.1) is 67.3 Å². The van der Waals surface area contributed by atoms with Gasteiger partial charge in [0.25, 0.3) is 0 Å². The molecule has 9 aromatic heterocycles. The Labute approximate surface area is 860 Å². The molecular formula is C138H81N9O2S. The maximum Gasteiger partial charge on any atom is 0.144 e. The molecule has 33 rings (SSSR count). The van der Waals surface area contributed by atoms with Crippen molar-refractivity contribution in [3.05, 3.63) is 492 Å². The lowest BCUT2D eigenvalue weighted by molar-refractivity contribution is 0.669. The fourth-order valence-electron chi connectivity index (χ4n) is 24.1. The molecule has 24 aromatic carbocycles. The number of hydrogen-bond donors (Lipinski definition) is 0. The summed E-state index contributed by atoms with van der Waals surface area (Å²) in [7, 11) is 0. The van der Waals surface area contributed by atoms with Crippen molar-refractivity contribution in [1.82, 2.24) is 43.6 Å². The third kappa shape index (κ3) is 13.5. The summed E-state index contributed by atoms with van der Waals surface area (Å²) in [5, 5.41) is 37.1. The molecule has 0 spiro atoms. The van der Waals surface area contributed by atoms with E-state index in [0.717, 1.165) is 140 Å². The Morgan fingerprint density at radius 1 is 0.153 bits per heavy atom. The minimum Gasteiger partial charge on any atom is -0.456 e. The van der Waals surface area contributed by atoms with E-state index in [1.807, 2.05) is 53.8 Å². The Morgan fingerprint density at radius 2 is 0.420 bits per heavy atom. The Balaban J connectivity index is 0.000000101. The third-order valence-electron chi connectivity index (χ3n) is 30.9. The third-order valence-corrected chi connectivity index (χ3v) is 32.0. The zero-order valence-electron chi connectivity index (χ0n) is 80.5. The van der Waals surface area contributed by atoms with Gasteiger partial charge in [-0.3, -0.25) is 0 Å². The molecule has 0 amide bonds. The molecule has 696 valence electrons. The topological polar surface area (TPSA) is 118 Å². The quantitative estimate of drug-likeness (QED) is 0.131. The minimum absolute atomic E-state index is 0.832. The maximum atomic E-state index is 6.34. The molecular weight excluding hydrogens is 1850 g/mol. The largest absolute Gasteiger partial charge is 0.456 e. The number of benzene rings is 24. The average molecular weight is 1930 g/mol. The van der Waals surface area contributed by atoms with Crippen molar-refractivity contribution in [2.45, 2.75) is 0 Å². The molecule has 12 heteroatoms. The minimum atomic E-state index is 0.832. The summed E-state index contributed by atoms with van der Waals surface area (Å²) in [5.74, 6) is 0. The van der Waals surface area contributed by atoms with Crippen LogP contribution in [0.2, 0.25) is 0 Å². The van der Waals surface area contributed by atoms with Crippen molar-refractivity contribution in [1.29, 1.82) is 0 Å². The van der Waals surface area contributed by atoms with Gasteiger partial charge in [-0.15, -0.1) is 11.3 Å². The lowest BCUT2D eigenvalue weighted by Gasteiger charge is -2.14. The molecule has 33 aromatic rings. The molecule has 0 aliphatic carbocycles. The Morgan fingerprint density at radius 3 is 0.820 bits per heavy atom. The molecule has 9 heterocycles. The van der Waals surface area contributed by atoms with Crippen molar-refractivity contribution >= 4 is 238 Å². The monoisotopic (exact) mass is 1930 g/mol. The van der Waals surface area contributed by atoms with Crippen molar-refractivity contribution in [2.75, 3.05) is 0 Å². The maximum absolute atomic E-state index is 6.34. The molecule has 0 atom stereocenters. The highest BCUT2D eigenvalue weighted by Crippen LogP contribution is 2.48. The summed E-state index contributed by atoms with van der Waals surface area (Å²) in [6.45, 7) is 0. The van der Waals surface area contributed by atoms with Crippen LogP contribution >= 0.6 is 11.3 Å². The summed E-state index contributed by atoms with van der Waals surface area (Å²) in [4.78, 5) is 28.4. The molecule has 0 radical (unpaired) electrons. The van der Waals surface area contributed by atoms with Gasteiger partial charge in [0.2, 0.25) is 0 Å². The predicted molar refractivity (Wildman–Crippen MR) is 627 cm³/mol. The van der Waals surface area contributed by atoms with Gasteiger partial charge in [-0.05, 0) is 261 Å². The van der Waals surface area contributed by atoms with Crippen LogP contribution in [0, 0.1) is 0 Å². The highest BCUT2D eigenvalue weighted by Gasteiger charge is 2.25. The van der Waals surface area contributed by atoms with Crippen LogP contribution in [0.15, 0.2) is 501 Å². The normalized spacial score (nSPS) is 12.0. The van der Waals surface area contributed by atoms with Gasteiger partial charge < -0.3 is 22.5 Å². The first-order valence-corrected chi connectivity index (χ1v) is 51.5. The van der Waals surface area contributed by atoms with Crippen molar-refractivity contribution in [3.63, 3.8) is 0 Å². The molecule has 0 fully saturated rings. The summed E-state index contributed by atoms with van der Waals surface area (Å²) >= 11 is 1.83. The number of para-hydroxylation sites is 6. The van der Waals surface area contributed by atoms with E-state index in [4.69, 9.17) is 33.8 Å². The molecule has 0 N–H and O–H groups in total. The van der Waals surface area contributed by atoms with Crippen LogP contribution < -0.4 is 0 Å². The van der Waals surface area contributed by atoms with Crippen LogP contribution in [-0.2, 0) is 0 Å². The molecule has 0 saturated heterocycles. The molecule has 0 unspecified atom stereocenters. The zero-order chi connectivity index (χ0) is 98.3. The van der Waals surface area contributed by atoms with Crippen molar-refractivity contribution < 1.29 is 8.83 Å². The van der Waals surface area contributed by atoms with Gasteiger partial charge >= 0.3 is 0 Å². The van der Waals surface area contributed by atoms with Crippen LogP contribution in [0.25, 0.3) is 311 Å². The highest BCUT2D eigenvalue weighted by molar-refractivity contribution is 7.25. The average Bonchev–Trinajstić information content (AvgIpc) is 1.34. The Kier molecular flexibility index (Phi) is 19.1. The molecule has 0 aliphatic rings. The van der Waals surface area contributed by atoms with Gasteiger partial charge in [-0.25, -0.2) is 29.9 Å². The van der Waals surface area contributed by atoms with E-state index >= 15 is 0 Å². The standard InChI is InChI=1S/2C46H27N3O.C46H27N3S/c1-2-12-32-30(10-1)31-11-3-4-13-33(31)39-25-29(21-22-34(32)39)49-43-18-7-5-14-35(43)40-24-28(20-23-44(40)49)41-26-42(48-27-47-41)38-17-9-16-37-36-15-6-8-19-45(36)50-46(37)38;2*1-2-11-33-31(9-1)32-10-3-4-12-34(32)38-25-30(19-20-35(33)38)49-43-15-7-5-13-36(43)39-23-28(17-21-44(39)49)41-26-42(48-27-47-41)29-18-22-46-40(24-29)37-14-6-8-16-45(37)50-46/h3*1-27H. The fourth-order valence-corrected chi connectivity index (χ4v) is 25.2. The van der Waals surface area contributed by atoms with Gasteiger partial charge in [-0.1, -0.05) is 309 Å². The first-order valence-electron chi connectivity index (χ1n) is 50.7. The smallest absolute Gasteiger partial charge is 0.144 e. The molecule has 150 heavy (non-hydrogen) atoms. The van der Waals surface area contributed by atoms with Crippen LogP contribution in [0.5, 0.6) is 0 Å². The van der Waals surface area contributed by atoms with E-state index in [2.05, 4.69) is 449 Å². The summed E-state index contributed by atoms with van der Waals surface area (Å²) < 4.78 is 22.2. The second-order valence-corrected chi connectivity index (χ2v) is 40.1. The summed E-state index contributed by atoms with van der Waals surface area (Å²) in [5.41, 5.74) is 25.5. The number of nitrogens with zero attached hydrogens (tertiary/aromatic N) is 9. The van der Waals surface area contributed by atoms with Crippen LogP contribution in [-0.4, -0.2) is 43.6 Å². The predicted octanol–water partition coefficient (Wildman–Crippen LogP) is 37.3. The van der Waals surface area contributed by atoms with Crippen LogP contribution in [0.1, 0.15) is 0 Å². The van der Waals surface area contributed by atoms with Crippen LogP contribution in [0.4, 0.5) is 0 Å². The zero-order valence-corrected chi connectivity index (χ0v) is 81.3. The lowest BCUT2D eigenvalue weighted by atomic mass is 9.94. The first-order chi connectivity index (χ1) is 74.4. The molecule has 0 saturated carbocycles. The van der Waals surface area contributed by atoms with E-state index in [1.54, 1.807) is 19.0 Å². The number of rotatable bonds is 9. The van der Waals surface area contributed by atoms with Gasteiger partial charge in [0.15, 0.2) is 0 Å². The second kappa shape index (κ2) is 33.9. The number of aromatic nitrogens is 9. The number of furan rings is 2. The second-order valence-electron chi connectivity index (χ2n) is 39.0. The van der Waals surface area contributed by atoms with Crippen LogP contribution in [0.3, 0.4) is 0 Å². The summed E-state index contributed by atoms with van der Waals surface area (Å²) in [6, 6.07) is 170. The number of fused-ring (bicyclic) bond motifs is 36. The number of hydrogen-bond acceptors (Lipinski definition) is 9. The Hall–Kier alpha value is -19.9. The number of thiophene rings is 1. The summed E-state index contributed by atoms with van der Waals surface area (Å²) in [6.07, 6.45) is 5.01. The Bertz CT molecular complexity index is 11000. The van der Waals surface area contributed by atoms with Crippen molar-refractivity contribution in [2.24, 2.45) is 0 Å². The van der Waals surface area contributed by atoms with E-state index in [-0.39, 0.29) is 0 Å². The van der Waals surface area contributed by atoms with E-state index in [0.29, 0.717) is 0 Å². The van der Waals surface area contributed by atoms with Gasteiger partial charge in [-0.2, -0.15) is 0 Å². The van der Waals surface area contributed by atoms with Gasteiger partial charge in [0.1, 0.15) is 41.3 Å². The molecule has 0 bridgehead atoms. The molecule has 11 nitrogen and oxygen atoms in total. The van der Waals surface area contributed by atoms with Crippen molar-refractivity contribution in [3.8, 4) is 84.6 Å². The molecule has 0 aliphatic heterocycles. The first kappa shape index (κ1) is 84.6. The lowest BCUT2D eigenvalue weighted by Crippen LogP contribution is -1.95. The van der Waals surface area contributed by atoms with Gasteiger partial charge in [0, 0.05) is 124 Å². The highest BCUT2D eigenvalue weighted by atomic mass is 32.1. The van der Waals surface area contributed by atoms with E-state index in [9.17, 15) is 0 Å². The fraction of sp³-hybridized carbons (Fsp3) is 0. The van der Waals surface area contributed by atoms with E-state index < -0.39 is 0 Å². The van der Waals surface area contributed by atoms with E-state index in [1.165, 1.54) is 172 Å².